The van der Waals surface area contributed by atoms with E-state index in [1.54, 1.807) is 0 Å². The third-order valence-corrected chi connectivity index (χ3v) is 1.20. The third kappa shape index (κ3) is 0.983. The number of aromatic nitrogens is 2. The van der Waals surface area contributed by atoms with Gasteiger partial charge in [-0.15, -0.1) is 10.2 Å². The molecule has 0 spiro atoms. The van der Waals surface area contributed by atoms with E-state index in [-0.39, 0.29) is 12.7 Å². The van der Waals surface area contributed by atoms with Gasteiger partial charge in [0.15, 0.2) is 0 Å². The Bertz CT molecular complexity index is 354. The minimum Gasteiger partial charge on any atom is -0.371 e. The predicted molar refractivity (Wildman–Crippen MR) is 34.1 cm³/mol. The first kappa shape index (κ1) is 6.70. The number of carbonyl (C=O) groups is 1. The Morgan fingerprint density at radius 2 is 2.33 bits per heavy atom. The molecule has 1 aliphatic heterocycles. The Balaban J connectivity index is 2.21. The van der Waals surface area contributed by atoms with Crippen molar-refractivity contribution in [2.75, 3.05) is 11.7 Å². The Kier molecular flexibility index (Phi) is 1.26. The Labute approximate surface area is 65.1 Å². The number of nitrogens with one attached hydrogen (secondary N) is 2. The molecule has 2 heterocycles. The van der Waals surface area contributed by atoms with Gasteiger partial charge in [0.25, 0.3) is 0 Å². The van der Waals surface area contributed by atoms with E-state index in [1.807, 2.05) is 5.10 Å². The molecule has 8 nitrogen and oxygen atoms in total. The lowest BCUT2D eigenvalue weighted by atomic mass is 10.9. The number of nitrogens with zero attached hydrogens (tertiary/aromatic N) is 2. The van der Waals surface area contributed by atoms with E-state index >= 15 is 0 Å². The molecule has 1 aliphatic rings. The normalized spacial score (nSPS) is 16.0. The molecule has 64 valence electrons. The lowest BCUT2D eigenvalue weighted by Gasteiger charge is -2.04. The molecule has 0 aromatic carbocycles. The predicted octanol–water partition coefficient (Wildman–Crippen LogP) is -1.22. The molecule has 8 heteroatoms. The van der Waals surface area contributed by atoms with Crippen LogP contribution in [0.1, 0.15) is 0 Å². The molecule has 0 atom stereocenters. The molecule has 2 rings (SSSR count). The van der Waals surface area contributed by atoms with Crippen LogP contribution in [0.2, 0.25) is 0 Å². The summed E-state index contributed by atoms with van der Waals surface area (Å²) >= 11 is 0. The van der Waals surface area contributed by atoms with Gasteiger partial charge in [-0.25, -0.2) is 14.7 Å². The number of carbonyl (C=O) groups excluding carboxylic acids is 1. The highest BCUT2D eigenvalue weighted by Crippen LogP contribution is 2.09. The average molecular weight is 172 g/mol. The number of amides is 1. The van der Waals surface area contributed by atoms with Crippen LogP contribution in [0.4, 0.5) is 10.8 Å². The number of aromatic amines is 1. The zero-order valence-corrected chi connectivity index (χ0v) is 5.73. The largest absolute Gasteiger partial charge is 0.435 e. The minimum absolute atomic E-state index is 0.0849. The number of rotatable bonds is 1. The van der Waals surface area contributed by atoms with Gasteiger partial charge in [0, 0.05) is 0 Å². The topological polar surface area (TPSA) is 100 Å². The van der Waals surface area contributed by atoms with Crippen LogP contribution in [0, 0.1) is 0 Å². The molecule has 1 aromatic heterocycles. The second-order valence-electron chi connectivity index (χ2n) is 1.99. The zero-order valence-electron chi connectivity index (χ0n) is 5.73. The fourth-order valence-electron chi connectivity index (χ4n) is 0.736. The molecule has 0 aliphatic carbocycles. The van der Waals surface area contributed by atoms with Crippen LogP contribution >= 0.6 is 0 Å². The molecule has 2 N–H and O–H groups in total. The van der Waals surface area contributed by atoms with Gasteiger partial charge >= 0.3 is 17.9 Å². The Hall–Kier alpha value is -1.99. The van der Waals surface area contributed by atoms with Crippen molar-refractivity contribution in [2.45, 2.75) is 0 Å². The second kappa shape index (κ2) is 2.26. The quantitative estimate of drug-likeness (QED) is 0.550. The molecule has 0 bridgehead atoms. The zero-order chi connectivity index (χ0) is 8.55. The molecule has 1 amide bonds. The number of hydrogen-bond acceptors (Lipinski definition) is 6. The highest BCUT2D eigenvalue weighted by molar-refractivity contribution is 5.70. The van der Waals surface area contributed by atoms with Crippen molar-refractivity contribution in [3.05, 3.63) is 10.6 Å². The van der Waals surface area contributed by atoms with Crippen molar-refractivity contribution < 1.29 is 14.0 Å². The van der Waals surface area contributed by atoms with Gasteiger partial charge in [-0.1, -0.05) is 0 Å². The van der Waals surface area contributed by atoms with Crippen molar-refractivity contribution >= 4 is 12.1 Å². The first-order valence-electron chi connectivity index (χ1n) is 3.04. The maximum Gasteiger partial charge on any atom is 0.435 e. The summed E-state index contributed by atoms with van der Waals surface area (Å²) in [5, 5.41) is 8.80. The van der Waals surface area contributed by atoms with Crippen molar-refractivity contribution in [3.8, 4) is 0 Å². The molecular formula is C4H4N4O4. The summed E-state index contributed by atoms with van der Waals surface area (Å²) in [6.45, 7) is 0.104. The van der Waals surface area contributed by atoms with E-state index in [4.69, 9.17) is 0 Å². The number of anilines is 1. The van der Waals surface area contributed by atoms with Gasteiger partial charge in [0.1, 0.15) is 6.67 Å². The van der Waals surface area contributed by atoms with Gasteiger partial charge < -0.3 is 9.25 Å². The molecule has 1 saturated heterocycles. The first-order valence-corrected chi connectivity index (χ1v) is 3.04. The van der Waals surface area contributed by atoms with Crippen molar-refractivity contribution in [1.29, 1.82) is 0 Å². The van der Waals surface area contributed by atoms with Gasteiger partial charge in [-0.2, -0.15) is 0 Å². The van der Waals surface area contributed by atoms with E-state index in [2.05, 4.69) is 19.7 Å². The van der Waals surface area contributed by atoms with Crippen LogP contribution in [-0.2, 0) is 4.84 Å². The highest BCUT2D eigenvalue weighted by Gasteiger charge is 2.24. The molecule has 0 unspecified atom stereocenters. The lowest BCUT2D eigenvalue weighted by molar-refractivity contribution is 0.159. The molecule has 12 heavy (non-hydrogen) atoms. The van der Waals surface area contributed by atoms with Crippen LogP contribution < -0.4 is 16.1 Å². The molecule has 0 radical (unpaired) electrons. The average Bonchev–Trinajstić information content (AvgIpc) is 2.58. The summed E-state index contributed by atoms with van der Waals surface area (Å²) in [6, 6.07) is -0.0849. The molecular weight excluding hydrogens is 168 g/mol. The number of H-pyrrole nitrogens is 1. The SMILES string of the molecule is O=C1NCN(c2n[nH]c(=O)o2)O1. The van der Waals surface area contributed by atoms with Crippen molar-refractivity contribution in [3.63, 3.8) is 0 Å². The number of hydroxylamine groups is 1. The smallest absolute Gasteiger partial charge is 0.371 e. The summed E-state index contributed by atoms with van der Waals surface area (Å²) in [4.78, 5) is 25.5. The van der Waals surface area contributed by atoms with E-state index < -0.39 is 11.8 Å². The van der Waals surface area contributed by atoms with E-state index in [1.165, 1.54) is 0 Å². The van der Waals surface area contributed by atoms with Crippen LogP contribution in [0.5, 0.6) is 0 Å². The number of hydrogen-bond donors (Lipinski definition) is 2. The van der Waals surface area contributed by atoms with Gasteiger partial charge in [0.2, 0.25) is 0 Å². The summed E-state index contributed by atoms with van der Waals surface area (Å²) in [6.07, 6.45) is -0.611. The minimum atomic E-state index is -0.701. The lowest BCUT2D eigenvalue weighted by Crippen LogP contribution is -2.20. The van der Waals surface area contributed by atoms with Crippen LogP contribution in [0.25, 0.3) is 0 Å². The van der Waals surface area contributed by atoms with Crippen molar-refractivity contribution in [2.24, 2.45) is 0 Å². The summed E-state index contributed by atoms with van der Waals surface area (Å²) in [7, 11) is 0. The molecule has 1 fully saturated rings. The Morgan fingerprint density at radius 3 is 2.83 bits per heavy atom. The van der Waals surface area contributed by atoms with Crippen LogP contribution in [0.15, 0.2) is 9.21 Å². The second-order valence-corrected chi connectivity index (χ2v) is 1.99. The van der Waals surface area contributed by atoms with Crippen molar-refractivity contribution in [1.82, 2.24) is 15.5 Å². The van der Waals surface area contributed by atoms with Gasteiger partial charge in [-0.05, 0) is 0 Å². The monoisotopic (exact) mass is 172 g/mol. The van der Waals surface area contributed by atoms with Crippen LogP contribution in [0.3, 0.4) is 0 Å². The molecule has 1 aromatic rings. The summed E-state index contributed by atoms with van der Waals surface area (Å²) in [5.74, 6) is -0.701. The standard InChI is InChI=1S/C4H4N4O4/c9-3-5-1-8(12-3)2-6-7-4(10)11-2/h1H2,(H,5,9)(H,7,10). The molecule has 0 saturated carbocycles. The first-order chi connectivity index (χ1) is 5.75. The maximum absolute atomic E-state index is 10.5. The van der Waals surface area contributed by atoms with Gasteiger partial charge in [-0.3, -0.25) is 5.32 Å². The summed E-state index contributed by atoms with van der Waals surface area (Å²) < 4.78 is 4.50. The fourth-order valence-corrected chi connectivity index (χ4v) is 0.736. The van der Waals surface area contributed by atoms with Gasteiger partial charge in [0.05, 0.1) is 0 Å². The highest BCUT2D eigenvalue weighted by atomic mass is 16.7. The maximum atomic E-state index is 10.5. The van der Waals surface area contributed by atoms with E-state index in [0.29, 0.717) is 0 Å². The van der Waals surface area contributed by atoms with Crippen LogP contribution in [-0.4, -0.2) is 23.0 Å². The van der Waals surface area contributed by atoms with E-state index in [0.717, 1.165) is 5.06 Å². The third-order valence-electron chi connectivity index (χ3n) is 1.20. The summed E-state index contributed by atoms with van der Waals surface area (Å²) in [5.41, 5.74) is 0. The van der Waals surface area contributed by atoms with E-state index in [9.17, 15) is 9.59 Å². The Morgan fingerprint density at radius 1 is 1.50 bits per heavy atom. The fraction of sp³-hybridized carbons (Fsp3) is 0.250.